The first-order valence-electron chi connectivity index (χ1n) is 4.37. The van der Waals surface area contributed by atoms with E-state index in [4.69, 9.17) is 0 Å². The van der Waals surface area contributed by atoms with Gasteiger partial charge in [-0.2, -0.15) is 17.6 Å². The zero-order valence-electron chi connectivity index (χ0n) is 7.68. The highest BCUT2D eigenvalue weighted by atomic mass is 19.3. The Balaban J connectivity index is 2.04. The maximum Gasteiger partial charge on any atom is 0.323 e. The highest BCUT2D eigenvalue weighted by Crippen LogP contribution is 2.41. The number of hydrogen-bond donors (Lipinski definition) is 1. The second kappa shape index (κ2) is 3.19. The third-order valence-electron chi connectivity index (χ3n) is 2.31. The number of H-pyrrole nitrogens is 1. The molecule has 84 valence electrons. The SMILES string of the molecule is FC1(F)CN(Cc2ncc[nH]2)CC1(F)F. The summed E-state index contributed by atoms with van der Waals surface area (Å²) in [6.07, 6.45) is 2.96. The molecule has 0 saturated carbocycles. The lowest BCUT2D eigenvalue weighted by molar-refractivity contribution is -0.172. The van der Waals surface area contributed by atoms with Crippen LogP contribution in [-0.2, 0) is 6.54 Å². The smallest absolute Gasteiger partial charge is 0.323 e. The van der Waals surface area contributed by atoms with Gasteiger partial charge in [0, 0.05) is 12.4 Å². The topological polar surface area (TPSA) is 31.9 Å². The van der Waals surface area contributed by atoms with Crippen LogP contribution in [0.5, 0.6) is 0 Å². The zero-order valence-corrected chi connectivity index (χ0v) is 7.68. The van der Waals surface area contributed by atoms with Crippen LogP contribution in [0.4, 0.5) is 17.6 Å². The number of likely N-dealkylation sites (tertiary alicyclic amines) is 1. The van der Waals surface area contributed by atoms with E-state index < -0.39 is 24.9 Å². The minimum atomic E-state index is -3.94. The van der Waals surface area contributed by atoms with Gasteiger partial charge in [0.1, 0.15) is 5.82 Å². The molecule has 1 aliphatic heterocycles. The van der Waals surface area contributed by atoms with Crippen molar-refractivity contribution in [3.63, 3.8) is 0 Å². The van der Waals surface area contributed by atoms with Crippen LogP contribution in [0.2, 0.25) is 0 Å². The van der Waals surface area contributed by atoms with Gasteiger partial charge >= 0.3 is 11.8 Å². The Bertz CT molecular complexity index is 320. The van der Waals surface area contributed by atoms with E-state index in [-0.39, 0.29) is 6.54 Å². The summed E-state index contributed by atoms with van der Waals surface area (Å²) in [5, 5.41) is 0. The molecular weight excluding hydrogens is 214 g/mol. The number of nitrogens with one attached hydrogen (secondary N) is 1. The number of aromatic amines is 1. The summed E-state index contributed by atoms with van der Waals surface area (Å²) in [6.45, 7) is -1.88. The van der Waals surface area contributed by atoms with Crippen LogP contribution in [0.15, 0.2) is 12.4 Å². The van der Waals surface area contributed by atoms with Crippen LogP contribution >= 0.6 is 0 Å². The van der Waals surface area contributed by atoms with Gasteiger partial charge in [0.2, 0.25) is 0 Å². The zero-order chi connectivity index (χ0) is 11.1. The van der Waals surface area contributed by atoms with Gasteiger partial charge < -0.3 is 4.98 Å². The van der Waals surface area contributed by atoms with E-state index in [0.29, 0.717) is 5.82 Å². The first kappa shape index (κ1) is 10.4. The lowest BCUT2D eigenvalue weighted by atomic mass is 10.2. The van der Waals surface area contributed by atoms with Crippen LogP contribution in [-0.4, -0.2) is 39.8 Å². The Kier molecular flexibility index (Phi) is 2.22. The Labute approximate surface area is 83.1 Å². The molecular formula is C8H9F4N3. The molecule has 0 spiro atoms. The van der Waals surface area contributed by atoms with Crippen LogP contribution in [0, 0.1) is 0 Å². The summed E-state index contributed by atoms with van der Waals surface area (Å²) in [6, 6.07) is 0. The monoisotopic (exact) mass is 223 g/mol. The van der Waals surface area contributed by atoms with Gasteiger partial charge in [0.25, 0.3) is 0 Å². The highest BCUT2D eigenvalue weighted by molar-refractivity contribution is 4.99. The molecule has 1 saturated heterocycles. The van der Waals surface area contributed by atoms with Gasteiger partial charge in [-0.05, 0) is 0 Å². The number of alkyl halides is 4. The summed E-state index contributed by atoms with van der Waals surface area (Å²) in [4.78, 5) is 7.45. The fourth-order valence-corrected chi connectivity index (χ4v) is 1.56. The van der Waals surface area contributed by atoms with E-state index in [1.54, 1.807) is 0 Å². The molecule has 0 bridgehead atoms. The van der Waals surface area contributed by atoms with E-state index in [0.717, 1.165) is 4.90 Å². The molecule has 0 aliphatic carbocycles. The van der Waals surface area contributed by atoms with Gasteiger partial charge in [-0.25, -0.2) is 4.98 Å². The normalized spacial score (nSPS) is 24.5. The van der Waals surface area contributed by atoms with Gasteiger partial charge in [0.15, 0.2) is 0 Å². The average molecular weight is 223 g/mol. The van der Waals surface area contributed by atoms with Crippen LogP contribution in [0.3, 0.4) is 0 Å². The van der Waals surface area contributed by atoms with Crippen molar-refractivity contribution in [3.05, 3.63) is 18.2 Å². The number of hydrogen-bond acceptors (Lipinski definition) is 2. The van der Waals surface area contributed by atoms with Crippen molar-refractivity contribution in [3.8, 4) is 0 Å². The molecule has 2 heterocycles. The molecule has 1 fully saturated rings. The molecule has 0 radical (unpaired) electrons. The van der Waals surface area contributed by atoms with Crippen LogP contribution < -0.4 is 0 Å². The van der Waals surface area contributed by atoms with Crippen LogP contribution in [0.1, 0.15) is 5.82 Å². The van der Waals surface area contributed by atoms with E-state index in [9.17, 15) is 17.6 Å². The van der Waals surface area contributed by atoms with Crippen molar-refractivity contribution in [2.24, 2.45) is 0 Å². The molecule has 7 heteroatoms. The van der Waals surface area contributed by atoms with Gasteiger partial charge in [-0.15, -0.1) is 0 Å². The lowest BCUT2D eigenvalue weighted by Crippen LogP contribution is -2.38. The van der Waals surface area contributed by atoms with Crippen molar-refractivity contribution in [1.82, 2.24) is 14.9 Å². The fourth-order valence-electron chi connectivity index (χ4n) is 1.56. The first-order chi connectivity index (χ1) is 6.91. The van der Waals surface area contributed by atoms with E-state index in [2.05, 4.69) is 9.97 Å². The largest absolute Gasteiger partial charge is 0.348 e. The molecule has 0 aromatic carbocycles. The molecule has 2 rings (SSSR count). The summed E-state index contributed by atoms with van der Waals surface area (Å²) in [5.41, 5.74) is 0. The standard InChI is InChI=1S/C8H9F4N3/c9-7(10)4-15(5-8(7,11)12)3-6-13-1-2-14-6/h1-2H,3-5H2,(H,13,14). The molecule has 1 aromatic heterocycles. The molecule has 3 nitrogen and oxygen atoms in total. The van der Waals surface area contributed by atoms with Crippen LogP contribution in [0.25, 0.3) is 0 Å². The van der Waals surface area contributed by atoms with Gasteiger partial charge in [-0.1, -0.05) is 0 Å². The lowest BCUT2D eigenvalue weighted by Gasteiger charge is -2.15. The number of imidazole rings is 1. The summed E-state index contributed by atoms with van der Waals surface area (Å²) < 4.78 is 51.1. The Morgan fingerprint density at radius 2 is 1.87 bits per heavy atom. The van der Waals surface area contributed by atoms with Crippen molar-refractivity contribution in [2.75, 3.05) is 13.1 Å². The number of rotatable bonds is 2. The average Bonchev–Trinajstić information content (AvgIpc) is 2.59. The maximum atomic E-state index is 12.8. The van der Waals surface area contributed by atoms with Crippen molar-refractivity contribution < 1.29 is 17.6 Å². The summed E-state index contributed by atoms with van der Waals surface area (Å²) in [5.74, 6) is -7.48. The Morgan fingerprint density at radius 3 is 2.33 bits per heavy atom. The molecule has 0 amide bonds. The van der Waals surface area contributed by atoms with Gasteiger partial charge in [0.05, 0.1) is 19.6 Å². The Morgan fingerprint density at radius 1 is 1.27 bits per heavy atom. The molecule has 0 unspecified atom stereocenters. The van der Waals surface area contributed by atoms with E-state index >= 15 is 0 Å². The van der Waals surface area contributed by atoms with Crippen molar-refractivity contribution >= 4 is 0 Å². The second-order valence-electron chi connectivity index (χ2n) is 3.59. The third kappa shape index (κ3) is 1.83. The van der Waals surface area contributed by atoms with E-state index in [1.165, 1.54) is 12.4 Å². The van der Waals surface area contributed by atoms with Crippen molar-refractivity contribution in [1.29, 1.82) is 0 Å². The third-order valence-corrected chi connectivity index (χ3v) is 2.31. The maximum absolute atomic E-state index is 12.8. The predicted octanol–water partition coefficient (Wildman–Crippen LogP) is 1.50. The number of aromatic nitrogens is 2. The van der Waals surface area contributed by atoms with Crippen molar-refractivity contribution in [2.45, 2.75) is 18.4 Å². The predicted molar refractivity (Wildman–Crippen MR) is 43.8 cm³/mol. The van der Waals surface area contributed by atoms with Gasteiger partial charge in [-0.3, -0.25) is 4.90 Å². The summed E-state index contributed by atoms with van der Waals surface area (Å²) >= 11 is 0. The molecule has 1 aromatic rings. The minimum absolute atomic E-state index is 0.0157. The number of halogens is 4. The number of nitrogens with zero attached hydrogens (tertiary/aromatic N) is 2. The molecule has 1 N–H and O–H groups in total. The van der Waals surface area contributed by atoms with E-state index in [1.807, 2.05) is 0 Å². The Hall–Kier alpha value is -1.11. The fraction of sp³-hybridized carbons (Fsp3) is 0.625. The minimum Gasteiger partial charge on any atom is -0.348 e. The summed E-state index contributed by atoms with van der Waals surface area (Å²) in [7, 11) is 0. The quantitative estimate of drug-likeness (QED) is 0.770. The first-order valence-corrected chi connectivity index (χ1v) is 4.37. The second-order valence-corrected chi connectivity index (χ2v) is 3.59. The molecule has 1 aliphatic rings. The molecule has 15 heavy (non-hydrogen) atoms. The highest BCUT2D eigenvalue weighted by Gasteiger charge is 2.62. The molecule has 0 atom stereocenters.